The van der Waals surface area contributed by atoms with Gasteiger partial charge in [0.2, 0.25) is 5.91 Å². The number of aromatic nitrogens is 3. The van der Waals surface area contributed by atoms with E-state index in [0.29, 0.717) is 16.0 Å². The molecule has 1 aromatic heterocycles. The van der Waals surface area contributed by atoms with E-state index in [4.69, 9.17) is 11.6 Å². The number of nitriles is 1. The molecule has 3 aromatic rings. The highest BCUT2D eigenvalue weighted by Crippen LogP contribution is 2.33. The molecular weight excluding hydrogens is 442 g/mol. The number of benzene rings is 2. The van der Waals surface area contributed by atoms with E-state index >= 15 is 0 Å². The second kappa shape index (κ2) is 9.76. The third-order valence-corrected chi connectivity index (χ3v) is 6.73. The predicted molar refractivity (Wildman–Crippen MR) is 129 cm³/mol. The second-order valence-electron chi connectivity index (χ2n) is 8.22. The number of carbonyl (C=O) groups excluding carboxylic acids is 1. The van der Waals surface area contributed by atoms with E-state index in [-0.39, 0.29) is 17.6 Å². The summed E-state index contributed by atoms with van der Waals surface area (Å²) in [5.41, 5.74) is 2.90. The Balaban J connectivity index is 1.99. The van der Waals surface area contributed by atoms with Crippen molar-refractivity contribution in [3.8, 4) is 23.1 Å². The first-order chi connectivity index (χ1) is 15.2. The molecule has 0 unspecified atom stereocenters. The van der Waals surface area contributed by atoms with E-state index in [1.807, 2.05) is 68.7 Å². The molecule has 32 heavy (non-hydrogen) atoms. The number of nitrogens with zero attached hydrogens (tertiary/aromatic N) is 4. The van der Waals surface area contributed by atoms with E-state index in [2.05, 4.69) is 27.6 Å². The molecule has 1 N–H and O–H groups in total. The van der Waals surface area contributed by atoms with Crippen molar-refractivity contribution in [1.29, 1.82) is 5.26 Å². The lowest BCUT2D eigenvalue weighted by atomic mass is 9.90. The molecule has 166 valence electrons. The minimum Gasteiger partial charge on any atom is -0.337 e. The van der Waals surface area contributed by atoms with Gasteiger partial charge in [0.25, 0.3) is 0 Å². The molecule has 3 rings (SSSR count). The van der Waals surface area contributed by atoms with E-state index < -0.39 is 5.54 Å². The lowest BCUT2D eigenvalue weighted by Gasteiger charge is -2.27. The van der Waals surface area contributed by atoms with Crippen LogP contribution in [0.4, 0.5) is 0 Å². The monoisotopic (exact) mass is 467 g/mol. The summed E-state index contributed by atoms with van der Waals surface area (Å²) in [6.45, 7) is 9.59. The molecule has 0 spiro atoms. The van der Waals surface area contributed by atoms with Gasteiger partial charge in [0.1, 0.15) is 5.54 Å². The Kier molecular flexibility index (Phi) is 7.27. The summed E-state index contributed by atoms with van der Waals surface area (Å²) in [5.74, 6) is 0.459. The summed E-state index contributed by atoms with van der Waals surface area (Å²) in [6, 6.07) is 15.8. The van der Waals surface area contributed by atoms with Gasteiger partial charge in [-0.05, 0) is 56.0 Å². The maximum absolute atomic E-state index is 12.6. The van der Waals surface area contributed by atoms with Crippen LogP contribution in [0.2, 0.25) is 5.02 Å². The van der Waals surface area contributed by atoms with Crippen molar-refractivity contribution in [2.45, 2.75) is 45.3 Å². The van der Waals surface area contributed by atoms with E-state index in [9.17, 15) is 10.1 Å². The Morgan fingerprint density at radius 1 is 1.25 bits per heavy atom. The molecule has 6 nitrogen and oxygen atoms in total. The van der Waals surface area contributed by atoms with Crippen LogP contribution in [0.15, 0.2) is 47.6 Å². The smallest absolute Gasteiger partial charge is 0.231 e. The van der Waals surface area contributed by atoms with Crippen LogP contribution in [0, 0.1) is 31.1 Å². The lowest BCUT2D eigenvalue weighted by Crippen LogP contribution is -2.49. The van der Waals surface area contributed by atoms with Crippen molar-refractivity contribution in [1.82, 2.24) is 20.1 Å². The molecule has 0 aliphatic heterocycles. The fourth-order valence-corrected chi connectivity index (χ4v) is 4.08. The molecule has 0 bridgehead atoms. The summed E-state index contributed by atoms with van der Waals surface area (Å²) in [7, 11) is 0. The molecule has 1 amide bonds. The predicted octanol–water partition coefficient (Wildman–Crippen LogP) is 5.35. The number of hydrogen-bond acceptors (Lipinski definition) is 5. The Morgan fingerprint density at radius 3 is 2.62 bits per heavy atom. The zero-order chi connectivity index (χ0) is 23.5. The van der Waals surface area contributed by atoms with Gasteiger partial charge in [-0.25, -0.2) is 0 Å². The zero-order valence-electron chi connectivity index (χ0n) is 18.8. The third-order valence-electron chi connectivity index (χ3n) is 5.47. The minimum atomic E-state index is -0.929. The number of amides is 1. The molecule has 8 heteroatoms. The van der Waals surface area contributed by atoms with Crippen LogP contribution in [0.25, 0.3) is 17.1 Å². The minimum absolute atomic E-state index is 0.0214. The molecule has 2 aromatic carbocycles. The molecule has 0 saturated carbocycles. The Hall–Kier alpha value is -2.82. The fourth-order valence-electron chi connectivity index (χ4n) is 3.12. The van der Waals surface area contributed by atoms with Gasteiger partial charge in [-0.15, -0.1) is 10.2 Å². The van der Waals surface area contributed by atoms with Crippen LogP contribution in [0.1, 0.15) is 31.9 Å². The van der Waals surface area contributed by atoms with Crippen molar-refractivity contribution in [3.05, 3.63) is 58.6 Å². The van der Waals surface area contributed by atoms with Crippen LogP contribution >= 0.6 is 23.4 Å². The van der Waals surface area contributed by atoms with Crippen molar-refractivity contribution >= 4 is 29.3 Å². The maximum atomic E-state index is 12.6. The number of aryl methyl sites for hydroxylation is 2. The van der Waals surface area contributed by atoms with E-state index in [1.165, 1.54) is 11.8 Å². The molecule has 0 radical (unpaired) electrons. The normalized spacial score (nSPS) is 12.9. The van der Waals surface area contributed by atoms with Gasteiger partial charge >= 0.3 is 0 Å². The summed E-state index contributed by atoms with van der Waals surface area (Å²) in [6.07, 6.45) is 0. The van der Waals surface area contributed by atoms with Crippen molar-refractivity contribution < 1.29 is 4.79 Å². The van der Waals surface area contributed by atoms with Crippen LogP contribution in [-0.2, 0) is 4.79 Å². The van der Waals surface area contributed by atoms with Gasteiger partial charge in [-0.3, -0.25) is 9.36 Å². The number of hydrogen-bond donors (Lipinski definition) is 1. The Morgan fingerprint density at radius 2 is 1.97 bits per heavy atom. The molecule has 0 aliphatic carbocycles. The second-order valence-corrected chi connectivity index (χ2v) is 9.57. The van der Waals surface area contributed by atoms with Crippen molar-refractivity contribution in [3.63, 3.8) is 0 Å². The van der Waals surface area contributed by atoms with Crippen LogP contribution in [0.3, 0.4) is 0 Å². The van der Waals surface area contributed by atoms with Crippen LogP contribution < -0.4 is 5.32 Å². The van der Waals surface area contributed by atoms with Gasteiger partial charge < -0.3 is 5.32 Å². The van der Waals surface area contributed by atoms with Gasteiger partial charge in [0, 0.05) is 5.56 Å². The molecular formula is C24H26ClN5OS. The Bertz CT molecular complexity index is 1180. The highest BCUT2D eigenvalue weighted by molar-refractivity contribution is 7.99. The summed E-state index contributed by atoms with van der Waals surface area (Å²) < 4.78 is 1.94. The fraction of sp³-hybridized carbons (Fsp3) is 0.333. The first kappa shape index (κ1) is 23.8. The number of halogens is 1. The van der Waals surface area contributed by atoms with Crippen LogP contribution in [0.5, 0.6) is 0 Å². The first-order valence-corrected chi connectivity index (χ1v) is 11.7. The zero-order valence-corrected chi connectivity index (χ0v) is 20.4. The summed E-state index contributed by atoms with van der Waals surface area (Å²) >= 11 is 7.74. The van der Waals surface area contributed by atoms with Gasteiger partial charge in [0.05, 0.1) is 22.5 Å². The molecule has 0 aliphatic rings. The van der Waals surface area contributed by atoms with Gasteiger partial charge in [-0.2, -0.15) is 5.26 Å². The quantitative estimate of drug-likeness (QED) is 0.473. The average molecular weight is 468 g/mol. The standard InChI is InChI=1S/C24H26ClN5OS/c1-15(2)24(5,14-26)27-21(31)13-32-23-29-28-22(18-8-6-7-9-19(18)25)30(23)20-12-16(3)10-11-17(20)4/h6-12,15H,13H2,1-5H3,(H,27,31)/t24-/m0/s1. The third kappa shape index (κ3) is 4.98. The largest absolute Gasteiger partial charge is 0.337 e. The molecule has 0 saturated heterocycles. The SMILES string of the molecule is Cc1ccc(C)c(-n2c(SCC(=O)N[C@@](C)(C#N)C(C)C)nnc2-c2ccccc2Cl)c1. The highest BCUT2D eigenvalue weighted by Gasteiger charge is 2.30. The van der Waals surface area contributed by atoms with Crippen molar-refractivity contribution in [2.24, 2.45) is 5.92 Å². The molecule has 1 atom stereocenters. The van der Waals surface area contributed by atoms with E-state index in [1.54, 1.807) is 6.92 Å². The highest BCUT2D eigenvalue weighted by atomic mass is 35.5. The Labute approximate surface area is 198 Å². The number of nitrogens with one attached hydrogen (secondary N) is 1. The number of rotatable bonds is 7. The molecule has 1 heterocycles. The number of thioether (sulfide) groups is 1. The van der Waals surface area contributed by atoms with Gasteiger partial charge in [0.15, 0.2) is 11.0 Å². The first-order valence-electron chi connectivity index (χ1n) is 10.3. The topological polar surface area (TPSA) is 83.6 Å². The maximum Gasteiger partial charge on any atom is 0.231 e. The summed E-state index contributed by atoms with van der Waals surface area (Å²) in [4.78, 5) is 12.6. The lowest BCUT2D eigenvalue weighted by molar-refractivity contribution is -0.120. The summed E-state index contributed by atoms with van der Waals surface area (Å²) in [5, 5.41) is 22.3. The van der Waals surface area contributed by atoms with Gasteiger partial charge in [-0.1, -0.05) is 61.5 Å². The van der Waals surface area contributed by atoms with Crippen molar-refractivity contribution in [2.75, 3.05) is 5.75 Å². The number of carbonyl (C=O) groups is 1. The van der Waals surface area contributed by atoms with Crippen LogP contribution in [-0.4, -0.2) is 32.0 Å². The molecule has 0 fully saturated rings. The average Bonchev–Trinajstić information content (AvgIpc) is 3.17. The van der Waals surface area contributed by atoms with E-state index in [0.717, 1.165) is 22.4 Å².